The Labute approximate surface area is 165 Å². The molecule has 0 saturated carbocycles. The number of benzene rings is 1. The molecule has 6 heteroatoms. The zero-order chi connectivity index (χ0) is 19.3. The maximum absolute atomic E-state index is 5.15. The molecule has 0 aliphatic carbocycles. The van der Waals surface area contributed by atoms with E-state index in [0.29, 0.717) is 6.61 Å². The average molecular weight is 376 g/mol. The van der Waals surface area contributed by atoms with E-state index in [1.807, 2.05) is 7.05 Å². The highest BCUT2D eigenvalue weighted by atomic mass is 16.5. The number of rotatable bonds is 10. The fraction of sp³-hybridized carbons (Fsp3) is 0.667. The van der Waals surface area contributed by atoms with E-state index in [2.05, 4.69) is 62.7 Å². The first-order valence-electron chi connectivity index (χ1n) is 10.2. The molecule has 0 radical (unpaired) electrons. The van der Waals surface area contributed by atoms with Gasteiger partial charge in [-0.15, -0.1) is 0 Å². The predicted octanol–water partition coefficient (Wildman–Crippen LogP) is 1.78. The van der Waals surface area contributed by atoms with Gasteiger partial charge < -0.3 is 20.3 Å². The number of aliphatic imine (C=N–C) groups is 1. The smallest absolute Gasteiger partial charge is 0.191 e. The van der Waals surface area contributed by atoms with Gasteiger partial charge >= 0.3 is 0 Å². The van der Waals surface area contributed by atoms with Gasteiger partial charge in [-0.2, -0.15) is 0 Å². The summed E-state index contributed by atoms with van der Waals surface area (Å²) in [5, 5.41) is 6.72. The Morgan fingerprint density at radius 1 is 1.11 bits per heavy atom. The van der Waals surface area contributed by atoms with E-state index in [4.69, 9.17) is 4.74 Å². The molecule has 0 bridgehead atoms. The van der Waals surface area contributed by atoms with E-state index in [1.165, 1.54) is 44.7 Å². The molecule has 0 spiro atoms. The molecule has 1 aliphatic heterocycles. The van der Waals surface area contributed by atoms with Crippen molar-refractivity contribution < 1.29 is 4.74 Å². The van der Waals surface area contributed by atoms with Gasteiger partial charge in [-0.3, -0.25) is 9.89 Å². The monoisotopic (exact) mass is 375 g/mol. The zero-order valence-electron chi connectivity index (χ0n) is 17.3. The third-order valence-corrected chi connectivity index (χ3v) is 4.93. The Morgan fingerprint density at radius 3 is 2.48 bits per heavy atom. The van der Waals surface area contributed by atoms with Gasteiger partial charge in [0.05, 0.1) is 6.61 Å². The molecule has 2 rings (SSSR count). The van der Waals surface area contributed by atoms with E-state index in [0.717, 1.165) is 25.5 Å². The summed E-state index contributed by atoms with van der Waals surface area (Å²) in [7, 11) is 3.53. The van der Waals surface area contributed by atoms with Crippen LogP contribution in [-0.4, -0.2) is 81.8 Å². The van der Waals surface area contributed by atoms with Gasteiger partial charge in [0.2, 0.25) is 0 Å². The van der Waals surface area contributed by atoms with Crippen molar-refractivity contribution >= 4 is 5.96 Å². The molecule has 1 unspecified atom stereocenters. The van der Waals surface area contributed by atoms with Crippen molar-refractivity contribution in [3.05, 3.63) is 35.9 Å². The van der Waals surface area contributed by atoms with Crippen LogP contribution in [0.1, 0.15) is 25.3 Å². The second-order valence-corrected chi connectivity index (χ2v) is 7.31. The number of nitrogens with one attached hydrogen (secondary N) is 2. The van der Waals surface area contributed by atoms with Gasteiger partial charge in [-0.25, -0.2) is 0 Å². The summed E-state index contributed by atoms with van der Waals surface area (Å²) < 4.78 is 5.15. The van der Waals surface area contributed by atoms with Gasteiger partial charge in [0, 0.05) is 59.5 Å². The summed E-state index contributed by atoms with van der Waals surface area (Å²) in [6, 6.07) is 11.0. The van der Waals surface area contributed by atoms with Crippen molar-refractivity contribution in [1.29, 1.82) is 0 Å². The summed E-state index contributed by atoms with van der Waals surface area (Å²) in [6.07, 6.45) is 2.37. The molecule has 1 aromatic carbocycles. The number of methoxy groups -OCH3 is 1. The number of ether oxygens (including phenoxy) is 1. The van der Waals surface area contributed by atoms with Gasteiger partial charge in [-0.05, 0) is 31.9 Å². The number of nitrogens with zero attached hydrogens (tertiary/aromatic N) is 3. The minimum absolute atomic E-state index is 0.258. The summed E-state index contributed by atoms with van der Waals surface area (Å²) >= 11 is 0. The lowest BCUT2D eigenvalue weighted by Crippen LogP contribution is -2.46. The highest BCUT2D eigenvalue weighted by Crippen LogP contribution is 2.08. The fourth-order valence-corrected chi connectivity index (χ4v) is 3.40. The number of hydrogen-bond acceptors (Lipinski definition) is 4. The first-order chi connectivity index (χ1) is 13.2. The number of unbranched alkanes of at least 4 members (excludes halogenated alkanes) is 1. The largest absolute Gasteiger partial charge is 0.383 e. The van der Waals surface area contributed by atoms with E-state index >= 15 is 0 Å². The van der Waals surface area contributed by atoms with Crippen molar-refractivity contribution in [3.63, 3.8) is 0 Å². The average Bonchev–Trinajstić information content (AvgIpc) is 2.69. The molecular formula is C21H37N5O. The standard InChI is InChI=1S/C21H37N5O/c1-19(18-27-3)24-21(22-2)23-11-7-8-12-25-13-15-26(16-14-25)17-20-9-5-4-6-10-20/h4-6,9-10,19H,7-8,11-18H2,1-3H3,(H2,22,23,24). The van der Waals surface area contributed by atoms with E-state index < -0.39 is 0 Å². The second-order valence-electron chi connectivity index (χ2n) is 7.31. The maximum Gasteiger partial charge on any atom is 0.191 e. The lowest BCUT2D eigenvalue weighted by Gasteiger charge is -2.34. The van der Waals surface area contributed by atoms with Crippen molar-refractivity contribution in [2.24, 2.45) is 4.99 Å². The molecule has 1 aromatic rings. The molecule has 1 saturated heterocycles. The highest BCUT2D eigenvalue weighted by molar-refractivity contribution is 5.79. The Bertz CT molecular complexity index is 529. The van der Waals surface area contributed by atoms with Crippen molar-refractivity contribution in [1.82, 2.24) is 20.4 Å². The molecule has 152 valence electrons. The minimum atomic E-state index is 0.258. The minimum Gasteiger partial charge on any atom is -0.383 e. The Morgan fingerprint density at radius 2 is 1.81 bits per heavy atom. The van der Waals surface area contributed by atoms with Gasteiger partial charge in [0.1, 0.15) is 0 Å². The van der Waals surface area contributed by atoms with Crippen LogP contribution in [0.25, 0.3) is 0 Å². The zero-order valence-corrected chi connectivity index (χ0v) is 17.3. The van der Waals surface area contributed by atoms with Gasteiger partial charge in [0.15, 0.2) is 5.96 Å². The summed E-state index contributed by atoms with van der Waals surface area (Å²) in [6.45, 7) is 10.7. The van der Waals surface area contributed by atoms with Crippen molar-refractivity contribution in [2.45, 2.75) is 32.4 Å². The molecule has 2 N–H and O–H groups in total. The normalized spacial score (nSPS) is 17.7. The number of guanidine groups is 1. The fourth-order valence-electron chi connectivity index (χ4n) is 3.40. The molecule has 1 atom stereocenters. The van der Waals surface area contributed by atoms with Crippen LogP contribution in [0.4, 0.5) is 0 Å². The maximum atomic E-state index is 5.15. The van der Waals surface area contributed by atoms with Gasteiger partial charge in [0.25, 0.3) is 0 Å². The Hall–Kier alpha value is -1.63. The van der Waals surface area contributed by atoms with Gasteiger partial charge in [-0.1, -0.05) is 30.3 Å². The van der Waals surface area contributed by atoms with Crippen LogP contribution >= 0.6 is 0 Å². The molecular weight excluding hydrogens is 338 g/mol. The summed E-state index contributed by atoms with van der Waals surface area (Å²) in [4.78, 5) is 9.42. The molecule has 1 fully saturated rings. The molecule has 27 heavy (non-hydrogen) atoms. The molecule has 0 amide bonds. The highest BCUT2D eigenvalue weighted by Gasteiger charge is 2.16. The van der Waals surface area contributed by atoms with Crippen LogP contribution in [0.5, 0.6) is 0 Å². The van der Waals surface area contributed by atoms with E-state index in [1.54, 1.807) is 7.11 Å². The number of hydrogen-bond donors (Lipinski definition) is 2. The van der Waals surface area contributed by atoms with Crippen molar-refractivity contribution in [2.75, 3.05) is 60.0 Å². The van der Waals surface area contributed by atoms with E-state index in [-0.39, 0.29) is 6.04 Å². The first kappa shape index (κ1) is 21.7. The Balaban J connectivity index is 1.53. The predicted molar refractivity (Wildman–Crippen MR) is 113 cm³/mol. The molecule has 6 nitrogen and oxygen atoms in total. The quantitative estimate of drug-likeness (QED) is 0.371. The van der Waals surface area contributed by atoms with Crippen LogP contribution in [0.15, 0.2) is 35.3 Å². The summed E-state index contributed by atoms with van der Waals surface area (Å²) in [5.41, 5.74) is 1.42. The second kappa shape index (κ2) is 12.7. The molecule has 0 aromatic heterocycles. The third-order valence-electron chi connectivity index (χ3n) is 4.93. The first-order valence-corrected chi connectivity index (χ1v) is 10.2. The summed E-state index contributed by atoms with van der Waals surface area (Å²) in [5.74, 6) is 0.856. The SMILES string of the molecule is CN=C(NCCCCN1CCN(Cc2ccccc2)CC1)NC(C)COC. The third kappa shape index (κ3) is 8.73. The van der Waals surface area contributed by atoms with Crippen LogP contribution in [0.3, 0.4) is 0 Å². The molecule has 1 aliphatic rings. The molecule has 1 heterocycles. The van der Waals surface area contributed by atoms with Crippen LogP contribution < -0.4 is 10.6 Å². The van der Waals surface area contributed by atoms with Crippen molar-refractivity contribution in [3.8, 4) is 0 Å². The van der Waals surface area contributed by atoms with Crippen LogP contribution in [0.2, 0.25) is 0 Å². The number of piperazine rings is 1. The Kier molecular flexibility index (Phi) is 10.2. The topological polar surface area (TPSA) is 52.1 Å². The lowest BCUT2D eigenvalue weighted by atomic mass is 10.2. The van der Waals surface area contributed by atoms with Crippen LogP contribution in [0, 0.1) is 0 Å². The lowest BCUT2D eigenvalue weighted by molar-refractivity contribution is 0.126. The van der Waals surface area contributed by atoms with Crippen LogP contribution in [-0.2, 0) is 11.3 Å². The van der Waals surface area contributed by atoms with E-state index in [9.17, 15) is 0 Å².